The van der Waals surface area contributed by atoms with Crippen molar-refractivity contribution in [1.29, 1.82) is 0 Å². The monoisotopic (exact) mass is 408 g/mol. The van der Waals surface area contributed by atoms with Crippen molar-refractivity contribution in [3.63, 3.8) is 0 Å². The van der Waals surface area contributed by atoms with Gasteiger partial charge in [0.05, 0.1) is 6.20 Å². The van der Waals surface area contributed by atoms with Gasteiger partial charge in [-0.2, -0.15) is 0 Å². The molecule has 4 N–H and O–H groups in total. The van der Waals surface area contributed by atoms with Crippen LogP contribution in [0.3, 0.4) is 0 Å². The minimum absolute atomic E-state index is 0.0662. The molecule has 1 aliphatic rings. The van der Waals surface area contributed by atoms with E-state index in [9.17, 15) is 9.59 Å². The quantitative estimate of drug-likeness (QED) is 0.607. The number of aromatic nitrogens is 2. The summed E-state index contributed by atoms with van der Waals surface area (Å²) in [5.74, 6) is 0.350. The maximum atomic E-state index is 11.8. The topological polar surface area (TPSA) is 113 Å². The molecule has 3 rings (SSSR count). The number of carbonyl (C=O) groups is 2. The lowest BCUT2D eigenvalue weighted by Gasteiger charge is -2.41. The lowest BCUT2D eigenvalue weighted by molar-refractivity contribution is -0.117. The van der Waals surface area contributed by atoms with Crippen molar-refractivity contribution in [2.45, 2.75) is 38.3 Å². The summed E-state index contributed by atoms with van der Waals surface area (Å²) in [5.41, 5.74) is 6.37. The summed E-state index contributed by atoms with van der Waals surface area (Å²) in [7, 11) is 1.96. The molecule has 2 aromatic rings. The number of carbonyl (C=O) groups excluding carboxylic acids is 2. The first-order valence-electron chi connectivity index (χ1n) is 10.1. The molecule has 2 amide bonds. The second-order valence-corrected chi connectivity index (χ2v) is 7.57. The van der Waals surface area contributed by atoms with E-state index in [1.165, 1.54) is 6.08 Å². The van der Waals surface area contributed by atoms with E-state index >= 15 is 0 Å². The Kier molecular flexibility index (Phi) is 6.66. The summed E-state index contributed by atoms with van der Waals surface area (Å²) in [6, 6.07) is 9.65. The molecule has 1 fully saturated rings. The number of nitrogens with two attached hydrogens (primary N) is 1. The van der Waals surface area contributed by atoms with E-state index in [0.29, 0.717) is 11.6 Å². The van der Waals surface area contributed by atoms with Crippen LogP contribution in [0.25, 0.3) is 0 Å². The number of rotatable bonds is 7. The van der Waals surface area contributed by atoms with Crippen molar-refractivity contribution in [3.05, 3.63) is 54.9 Å². The third kappa shape index (κ3) is 4.76. The second-order valence-electron chi connectivity index (χ2n) is 7.57. The van der Waals surface area contributed by atoms with Gasteiger partial charge in [0.1, 0.15) is 5.82 Å². The van der Waals surface area contributed by atoms with Crippen LogP contribution in [0.15, 0.2) is 49.2 Å². The number of anilines is 3. The maximum Gasteiger partial charge on any atom is 0.271 e. The lowest BCUT2D eigenvalue weighted by Crippen LogP contribution is -2.51. The van der Waals surface area contributed by atoms with E-state index in [1.54, 1.807) is 6.20 Å². The van der Waals surface area contributed by atoms with E-state index < -0.39 is 5.91 Å². The predicted molar refractivity (Wildman–Crippen MR) is 118 cm³/mol. The van der Waals surface area contributed by atoms with Crippen molar-refractivity contribution in [3.8, 4) is 0 Å². The van der Waals surface area contributed by atoms with Gasteiger partial charge in [-0.1, -0.05) is 31.7 Å². The molecule has 0 spiro atoms. The normalized spacial score (nSPS) is 20.8. The zero-order chi connectivity index (χ0) is 21.7. The minimum atomic E-state index is -0.645. The van der Waals surface area contributed by atoms with E-state index in [1.807, 2.05) is 37.4 Å². The first-order chi connectivity index (χ1) is 14.4. The SMILES string of the molecule is C=CC(=O)NC1CCC[C@@H](N(C)c2cnc(C(N)=O)c(Nc3ccccc3)n2)[C@H]1C. The summed E-state index contributed by atoms with van der Waals surface area (Å²) in [5, 5.41) is 6.17. The van der Waals surface area contributed by atoms with Crippen molar-refractivity contribution in [2.75, 3.05) is 17.3 Å². The molecule has 8 nitrogen and oxygen atoms in total. The Morgan fingerprint density at radius 2 is 2.00 bits per heavy atom. The fraction of sp³-hybridized carbons (Fsp3) is 0.364. The number of nitrogens with one attached hydrogen (secondary N) is 2. The molecule has 1 aromatic heterocycles. The Labute approximate surface area is 176 Å². The Morgan fingerprint density at radius 1 is 1.27 bits per heavy atom. The smallest absolute Gasteiger partial charge is 0.271 e. The number of nitrogens with zero attached hydrogens (tertiary/aromatic N) is 3. The number of primary amides is 1. The Morgan fingerprint density at radius 3 is 2.67 bits per heavy atom. The van der Waals surface area contributed by atoms with Gasteiger partial charge in [0, 0.05) is 24.8 Å². The van der Waals surface area contributed by atoms with Gasteiger partial charge in [0.15, 0.2) is 11.5 Å². The van der Waals surface area contributed by atoms with Crippen molar-refractivity contribution in [2.24, 2.45) is 11.7 Å². The molecule has 1 aromatic carbocycles. The van der Waals surface area contributed by atoms with Crippen LogP contribution in [0.5, 0.6) is 0 Å². The molecule has 1 heterocycles. The van der Waals surface area contributed by atoms with Gasteiger partial charge < -0.3 is 21.3 Å². The van der Waals surface area contributed by atoms with Gasteiger partial charge in [0.25, 0.3) is 5.91 Å². The molecule has 1 unspecified atom stereocenters. The number of hydrogen-bond donors (Lipinski definition) is 3. The molecule has 158 valence electrons. The number of hydrogen-bond acceptors (Lipinski definition) is 6. The first kappa shape index (κ1) is 21.3. The summed E-state index contributed by atoms with van der Waals surface area (Å²) in [4.78, 5) is 34.6. The number of amides is 2. The van der Waals surface area contributed by atoms with Crippen LogP contribution in [-0.2, 0) is 4.79 Å². The summed E-state index contributed by atoms with van der Waals surface area (Å²) in [6.45, 7) is 5.66. The molecule has 30 heavy (non-hydrogen) atoms. The van der Waals surface area contributed by atoms with Gasteiger partial charge in [-0.25, -0.2) is 9.97 Å². The van der Waals surface area contributed by atoms with Gasteiger partial charge in [-0.15, -0.1) is 0 Å². The van der Waals surface area contributed by atoms with E-state index in [4.69, 9.17) is 5.73 Å². The molecular formula is C22H28N6O2. The molecule has 8 heteroatoms. The highest BCUT2D eigenvalue weighted by Crippen LogP contribution is 2.31. The number of para-hydroxylation sites is 1. The van der Waals surface area contributed by atoms with E-state index in [2.05, 4.69) is 39.0 Å². The third-order valence-electron chi connectivity index (χ3n) is 5.66. The van der Waals surface area contributed by atoms with Crippen LogP contribution in [-0.4, -0.2) is 40.9 Å². The fourth-order valence-electron chi connectivity index (χ4n) is 3.98. The average Bonchev–Trinajstić information content (AvgIpc) is 2.75. The van der Waals surface area contributed by atoms with Crippen LogP contribution in [0.2, 0.25) is 0 Å². The van der Waals surface area contributed by atoms with Gasteiger partial charge >= 0.3 is 0 Å². The molecule has 0 bridgehead atoms. The van der Waals surface area contributed by atoms with Crippen LogP contribution in [0, 0.1) is 5.92 Å². The Hall–Kier alpha value is -3.42. The van der Waals surface area contributed by atoms with Gasteiger partial charge in [0.2, 0.25) is 5.91 Å². The predicted octanol–water partition coefficient (Wildman–Crippen LogP) is 2.61. The zero-order valence-corrected chi connectivity index (χ0v) is 17.3. The second kappa shape index (κ2) is 9.39. The van der Waals surface area contributed by atoms with Gasteiger partial charge in [-0.05, 0) is 43.4 Å². The van der Waals surface area contributed by atoms with E-state index in [0.717, 1.165) is 24.9 Å². The van der Waals surface area contributed by atoms with Crippen molar-refractivity contribution in [1.82, 2.24) is 15.3 Å². The highest BCUT2D eigenvalue weighted by atomic mass is 16.2. The Bertz CT molecular complexity index is 917. The summed E-state index contributed by atoms with van der Waals surface area (Å²) < 4.78 is 0. The maximum absolute atomic E-state index is 11.8. The molecule has 1 saturated carbocycles. The van der Waals surface area contributed by atoms with Gasteiger partial charge in [-0.3, -0.25) is 9.59 Å². The van der Waals surface area contributed by atoms with Crippen LogP contribution in [0.1, 0.15) is 36.7 Å². The summed E-state index contributed by atoms with van der Waals surface area (Å²) in [6.07, 6.45) is 5.75. The Balaban J connectivity index is 1.85. The first-order valence-corrected chi connectivity index (χ1v) is 10.1. The summed E-state index contributed by atoms with van der Waals surface area (Å²) >= 11 is 0. The molecular weight excluding hydrogens is 380 g/mol. The molecule has 0 aliphatic heterocycles. The standard InChI is InChI=1S/C22H28N6O2/c1-4-19(29)26-16-11-8-12-17(14(16)2)28(3)18-13-24-20(21(23)30)22(27-18)25-15-9-6-5-7-10-15/h4-7,9-10,13-14,16-17H,1,8,11-12H2,2-3H3,(H2,23,30)(H,25,27)(H,26,29)/t14-,16?,17+/m0/s1. The van der Waals surface area contributed by atoms with Crippen molar-refractivity contribution >= 4 is 29.1 Å². The average molecular weight is 409 g/mol. The molecule has 1 aliphatic carbocycles. The van der Waals surface area contributed by atoms with Crippen molar-refractivity contribution < 1.29 is 9.59 Å². The van der Waals surface area contributed by atoms with E-state index in [-0.39, 0.29) is 29.6 Å². The largest absolute Gasteiger partial charge is 0.364 e. The minimum Gasteiger partial charge on any atom is -0.364 e. The zero-order valence-electron chi connectivity index (χ0n) is 17.3. The highest BCUT2D eigenvalue weighted by molar-refractivity contribution is 5.96. The molecule has 3 atom stereocenters. The number of benzene rings is 1. The lowest BCUT2D eigenvalue weighted by atomic mass is 9.81. The molecule has 0 radical (unpaired) electrons. The third-order valence-corrected chi connectivity index (χ3v) is 5.66. The van der Waals surface area contributed by atoms with Crippen LogP contribution >= 0.6 is 0 Å². The van der Waals surface area contributed by atoms with Crippen LogP contribution < -0.4 is 21.3 Å². The fourth-order valence-corrected chi connectivity index (χ4v) is 3.98. The van der Waals surface area contributed by atoms with Crippen LogP contribution in [0.4, 0.5) is 17.3 Å². The molecule has 0 saturated heterocycles. The highest BCUT2D eigenvalue weighted by Gasteiger charge is 2.34.